The minimum absolute atomic E-state index is 0.281. The number of carbonyl (C=O) groups excluding carboxylic acids is 2. The van der Waals surface area contributed by atoms with Gasteiger partial charge < -0.3 is 15.2 Å². The lowest BCUT2D eigenvalue weighted by molar-refractivity contribution is -0.173. The highest BCUT2D eigenvalue weighted by atomic mass is 16.6. The molecule has 1 heterocycles. The summed E-state index contributed by atoms with van der Waals surface area (Å²) in [5.41, 5.74) is 0. The van der Waals surface area contributed by atoms with Crippen molar-refractivity contribution in [2.45, 2.75) is 26.2 Å². The number of carbonyl (C=O) groups is 2. The second-order valence-corrected chi connectivity index (χ2v) is 2.81. The molecule has 0 aromatic carbocycles. The number of esters is 1. The zero-order chi connectivity index (χ0) is 9.30. The molecule has 0 saturated carbocycles. The van der Waals surface area contributed by atoms with Crippen molar-refractivity contribution in [2.75, 3.05) is 0 Å². The van der Waals surface area contributed by atoms with Crippen LogP contribution in [0.3, 0.4) is 0 Å². The summed E-state index contributed by atoms with van der Waals surface area (Å²) >= 11 is 0. The van der Waals surface area contributed by atoms with Crippen LogP contribution in [0.15, 0.2) is 0 Å². The van der Waals surface area contributed by atoms with Gasteiger partial charge in [-0.2, -0.15) is 0 Å². The number of amides is 1. The van der Waals surface area contributed by atoms with Gasteiger partial charge in [0.1, 0.15) is 5.92 Å². The number of β-lactam (4-membered cyclic amide) rings is 1. The number of aliphatic hydroxyl groups is 1. The van der Waals surface area contributed by atoms with E-state index in [1.807, 2.05) is 0 Å². The second kappa shape index (κ2) is 3.10. The fourth-order valence-electron chi connectivity index (χ4n) is 1.12. The summed E-state index contributed by atoms with van der Waals surface area (Å²) in [6.45, 7) is 2.74. The Morgan fingerprint density at radius 2 is 2.33 bits per heavy atom. The highest BCUT2D eigenvalue weighted by molar-refractivity contribution is 5.86. The van der Waals surface area contributed by atoms with E-state index >= 15 is 0 Å². The SMILES string of the molecule is CC(=O)O[C@@H]1NC(=O)[C@H]1[C@@H](C)O. The Kier molecular flexibility index (Phi) is 2.32. The lowest BCUT2D eigenvalue weighted by Gasteiger charge is -2.36. The van der Waals surface area contributed by atoms with Gasteiger partial charge in [0, 0.05) is 6.92 Å². The van der Waals surface area contributed by atoms with Gasteiger partial charge in [-0.05, 0) is 6.92 Å². The van der Waals surface area contributed by atoms with E-state index in [1.54, 1.807) is 0 Å². The Bertz CT molecular complexity index is 213. The molecule has 0 aromatic rings. The molecule has 1 rings (SSSR count). The molecule has 1 aliphatic rings. The number of ether oxygens (including phenoxy) is 1. The zero-order valence-corrected chi connectivity index (χ0v) is 6.90. The molecule has 3 atom stereocenters. The lowest BCUT2D eigenvalue weighted by Crippen LogP contribution is -2.63. The molecule has 1 saturated heterocycles. The average Bonchev–Trinajstić information content (AvgIpc) is 1.82. The topological polar surface area (TPSA) is 75.6 Å². The molecule has 0 unspecified atom stereocenters. The molecule has 5 nitrogen and oxygen atoms in total. The third-order valence-corrected chi connectivity index (χ3v) is 1.73. The Balaban J connectivity index is 2.48. The first-order valence-corrected chi connectivity index (χ1v) is 3.68. The summed E-state index contributed by atoms with van der Waals surface area (Å²) in [4.78, 5) is 21.3. The number of rotatable bonds is 2. The standard InChI is InChI=1S/C7H11NO4/c1-3(9)5-6(11)8-7(5)12-4(2)10/h3,5,7,9H,1-2H3,(H,8,11)/t3-,5-,7+/m1/s1. The number of aliphatic hydroxyl groups excluding tert-OH is 1. The summed E-state index contributed by atoms with van der Waals surface area (Å²) in [5, 5.41) is 11.4. The second-order valence-electron chi connectivity index (χ2n) is 2.81. The molecule has 0 radical (unpaired) electrons. The van der Waals surface area contributed by atoms with Crippen LogP contribution in [0.4, 0.5) is 0 Å². The van der Waals surface area contributed by atoms with Crippen molar-refractivity contribution in [1.29, 1.82) is 0 Å². The molecule has 12 heavy (non-hydrogen) atoms. The molecule has 0 aliphatic carbocycles. The molecule has 1 aliphatic heterocycles. The first-order chi connectivity index (χ1) is 5.52. The van der Waals surface area contributed by atoms with Crippen molar-refractivity contribution in [3.05, 3.63) is 0 Å². The summed E-state index contributed by atoms with van der Waals surface area (Å²) in [6.07, 6.45) is -1.45. The van der Waals surface area contributed by atoms with Gasteiger partial charge in [0.05, 0.1) is 6.10 Å². The fourth-order valence-corrected chi connectivity index (χ4v) is 1.12. The Morgan fingerprint density at radius 3 is 2.67 bits per heavy atom. The molecular formula is C7H11NO4. The number of nitrogens with one attached hydrogen (secondary N) is 1. The van der Waals surface area contributed by atoms with Crippen LogP contribution in [0.1, 0.15) is 13.8 Å². The molecular weight excluding hydrogens is 162 g/mol. The number of hydrogen-bond donors (Lipinski definition) is 2. The third-order valence-electron chi connectivity index (χ3n) is 1.73. The van der Waals surface area contributed by atoms with Crippen LogP contribution in [0.25, 0.3) is 0 Å². The van der Waals surface area contributed by atoms with Crippen LogP contribution >= 0.6 is 0 Å². The van der Waals surface area contributed by atoms with Crippen molar-refractivity contribution in [3.63, 3.8) is 0 Å². The van der Waals surface area contributed by atoms with Gasteiger partial charge in [-0.15, -0.1) is 0 Å². The van der Waals surface area contributed by atoms with E-state index < -0.39 is 24.2 Å². The lowest BCUT2D eigenvalue weighted by atomic mass is 9.94. The quantitative estimate of drug-likeness (QED) is 0.415. The molecule has 0 spiro atoms. The molecule has 1 amide bonds. The largest absolute Gasteiger partial charge is 0.441 e. The minimum atomic E-state index is -0.789. The van der Waals surface area contributed by atoms with Gasteiger partial charge in [-0.3, -0.25) is 9.59 Å². The fraction of sp³-hybridized carbons (Fsp3) is 0.714. The van der Waals surface area contributed by atoms with Gasteiger partial charge >= 0.3 is 5.97 Å². The van der Waals surface area contributed by atoms with Crippen molar-refractivity contribution in [3.8, 4) is 0 Å². The molecule has 0 bridgehead atoms. The van der Waals surface area contributed by atoms with Gasteiger partial charge in [0.15, 0.2) is 6.23 Å². The van der Waals surface area contributed by atoms with E-state index in [0.717, 1.165) is 0 Å². The predicted molar refractivity (Wildman–Crippen MR) is 38.9 cm³/mol. The maximum Gasteiger partial charge on any atom is 0.304 e. The zero-order valence-electron chi connectivity index (χ0n) is 6.90. The predicted octanol–water partition coefficient (Wildman–Crippen LogP) is -0.998. The summed E-state index contributed by atoms with van der Waals surface area (Å²) in [6, 6.07) is 0. The van der Waals surface area contributed by atoms with Crippen LogP contribution in [-0.2, 0) is 14.3 Å². The van der Waals surface area contributed by atoms with E-state index in [0.29, 0.717) is 0 Å². The Morgan fingerprint density at radius 1 is 1.75 bits per heavy atom. The maximum atomic E-state index is 10.8. The van der Waals surface area contributed by atoms with Gasteiger partial charge in [-0.25, -0.2) is 0 Å². The van der Waals surface area contributed by atoms with Gasteiger partial charge in [-0.1, -0.05) is 0 Å². The molecule has 2 N–H and O–H groups in total. The van der Waals surface area contributed by atoms with Crippen molar-refractivity contribution < 1.29 is 19.4 Å². The van der Waals surface area contributed by atoms with Crippen molar-refractivity contribution in [1.82, 2.24) is 5.32 Å². The molecule has 0 aromatic heterocycles. The minimum Gasteiger partial charge on any atom is -0.441 e. The highest BCUT2D eigenvalue weighted by Gasteiger charge is 2.44. The summed E-state index contributed by atoms with van der Waals surface area (Å²) in [7, 11) is 0. The first-order valence-electron chi connectivity index (χ1n) is 3.68. The van der Waals surface area contributed by atoms with Crippen molar-refractivity contribution in [2.24, 2.45) is 5.92 Å². The van der Waals surface area contributed by atoms with E-state index in [2.05, 4.69) is 5.32 Å². The number of hydrogen-bond acceptors (Lipinski definition) is 4. The monoisotopic (exact) mass is 173 g/mol. The van der Waals surface area contributed by atoms with Gasteiger partial charge in [0.25, 0.3) is 0 Å². The van der Waals surface area contributed by atoms with Crippen LogP contribution in [0, 0.1) is 5.92 Å². The molecule has 1 fully saturated rings. The van der Waals surface area contributed by atoms with E-state index in [9.17, 15) is 9.59 Å². The Labute approximate surface area is 69.7 Å². The normalized spacial score (nSPS) is 30.1. The van der Waals surface area contributed by atoms with E-state index in [1.165, 1.54) is 13.8 Å². The third kappa shape index (κ3) is 1.55. The molecule has 68 valence electrons. The van der Waals surface area contributed by atoms with Crippen molar-refractivity contribution >= 4 is 11.9 Å². The highest BCUT2D eigenvalue weighted by Crippen LogP contribution is 2.19. The van der Waals surface area contributed by atoms with Crippen LogP contribution in [0.5, 0.6) is 0 Å². The van der Waals surface area contributed by atoms with Crippen LogP contribution in [-0.4, -0.2) is 29.3 Å². The van der Waals surface area contributed by atoms with Crippen LogP contribution in [0.2, 0.25) is 0 Å². The smallest absolute Gasteiger partial charge is 0.304 e. The summed E-state index contributed by atoms with van der Waals surface area (Å²) in [5.74, 6) is -1.36. The average molecular weight is 173 g/mol. The van der Waals surface area contributed by atoms with Gasteiger partial charge in [0.2, 0.25) is 5.91 Å². The Hall–Kier alpha value is -1.10. The molecule has 5 heteroatoms. The maximum absolute atomic E-state index is 10.8. The first kappa shape index (κ1) is 8.99. The van der Waals surface area contributed by atoms with E-state index in [4.69, 9.17) is 9.84 Å². The van der Waals surface area contributed by atoms with E-state index in [-0.39, 0.29) is 5.91 Å². The van der Waals surface area contributed by atoms with Crippen LogP contribution < -0.4 is 5.32 Å². The summed E-state index contributed by atoms with van der Waals surface area (Å²) < 4.78 is 4.70.